The largest absolute Gasteiger partial charge is 0.366 e. The van der Waals surface area contributed by atoms with Gasteiger partial charge in [0.1, 0.15) is 0 Å². The van der Waals surface area contributed by atoms with Crippen molar-refractivity contribution < 1.29 is 9.59 Å². The van der Waals surface area contributed by atoms with Crippen LogP contribution in [0.5, 0.6) is 0 Å². The van der Waals surface area contributed by atoms with Gasteiger partial charge in [-0.1, -0.05) is 83.9 Å². The Morgan fingerprint density at radius 2 is 0.804 bits per heavy atom. The molecule has 230 valence electrons. The summed E-state index contributed by atoms with van der Waals surface area (Å²) in [6.45, 7) is 12.9. The number of aryl methyl sites for hydroxylation is 6. The minimum Gasteiger partial charge on any atom is -0.366 e. The van der Waals surface area contributed by atoms with Crippen molar-refractivity contribution in [3.05, 3.63) is 152 Å². The first-order valence-electron chi connectivity index (χ1n) is 15.8. The molecule has 2 amide bonds. The Kier molecular flexibility index (Phi) is 7.99. The number of carbonyl (C=O) groups excluding carboxylic acids is 2. The van der Waals surface area contributed by atoms with E-state index in [4.69, 9.17) is 11.5 Å². The van der Waals surface area contributed by atoms with Gasteiger partial charge in [-0.05, 0) is 144 Å². The number of carbonyl (C=O) groups is 2. The van der Waals surface area contributed by atoms with Gasteiger partial charge >= 0.3 is 0 Å². The first-order chi connectivity index (χ1) is 21.9. The van der Waals surface area contributed by atoms with E-state index >= 15 is 0 Å². The number of rotatable bonds is 7. The van der Waals surface area contributed by atoms with Crippen molar-refractivity contribution >= 4 is 33.4 Å². The average molecular weight is 605 g/mol. The van der Waals surface area contributed by atoms with Crippen molar-refractivity contribution in [2.24, 2.45) is 11.5 Å². The fraction of sp³-hybridized carbons (Fsp3) is 0.190. The summed E-state index contributed by atoms with van der Waals surface area (Å²) in [6.07, 6.45) is 1.38. The molecular weight excluding hydrogens is 564 g/mol. The summed E-state index contributed by atoms with van der Waals surface area (Å²) in [4.78, 5) is 25.1. The van der Waals surface area contributed by atoms with Gasteiger partial charge in [-0.3, -0.25) is 9.59 Å². The molecule has 4 heteroatoms. The summed E-state index contributed by atoms with van der Waals surface area (Å²) >= 11 is 0. The maximum atomic E-state index is 12.5. The molecule has 0 bridgehead atoms. The lowest BCUT2D eigenvalue weighted by Gasteiger charge is -2.22. The molecule has 0 saturated heterocycles. The van der Waals surface area contributed by atoms with Crippen LogP contribution in [0.25, 0.3) is 32.7 Å². The van der Waals surface area contributed by atoms with Crippen molar-refractivity contribution in [3.63, 3.8) is 0 Å². The van der Waals surface area contributed by atoms with Crippen molar-refractivity contribution in [2.75, 3.05) is 0 Å². The Hall–Kier alpha value is -5.22. The highest BCUT2D eigenvalue weighted by Crippen LogP contribution is 2.40. The number of primary amides is 2. The lowest BCUT2D eigenvalue weighted by atomic mass is 9.82. The number of fused-ring (bicyclic) bond motifs is 2. The van der Waals surface area contributed by atoms with Gasteiger partial charge in [0.15, 0.2) is 0 Å². The van der Waals surface area contributed by atoms with E-state index in [0.29, 0.717) is 24.0 Å². The molecule has 0 saturated carbocycles. The fourth-order valence-corrected chi connectivity index (χ4v) is 7.49. The third kappa shape index (κ3) is 5.45. The third-order valence-electron chi connectivity index (χ3n) is 9.55. The zero-order valence-electron chi connectivity index (χ0n) is 27.5. The second-order valence-corrected chi connectivity index (χ2v) is 12.8. The summed E-state index contributed by atoms with van der Waals surface area (Å²) in [5, 5.41) is 3.71. The molecule has 4 N–H and O–H groups in total. The summed E-state index contributed by atoms with van der Waals surface area (Å²) < 4.78 is 0. The van der Waals surface area contributed by atoms with Crippen molar-refractivity contribution in [2.45, 2.75) is 54.4 Å². The van der Waals surface area contributed by atoms with Crippen molar-refractivity contribution in [1.82, 2.24) is 0 Å². The molecule has 0 fully saturated rings. The molecule has 0 aromatic heterocycles. The van der Waals surface area contributed by atoms with Gasteiger partial charge < -0.3 is 11.5 Å². The predicted molar refractivity (Wildman–Crippen MR) is 191 cm³/mol. The van der Waals surface area contributed by atoms with Crippen molar-refractivity contribution in [3.8, 4) is 11.1 Å². The Morgan fingerprint density at radius 1 is 0.457 bits per heavy atom. The molecule has 6 aromatic rings. The summed E-state index contributed by atoms with van der Waals surface area (Å²) in [5.74, 6) is -0.884. The molecule has 0 aliphatic heterocycles. The molecule has 0 heterocycles. The first kappa shape index (κ1) is 30.8. The van der Waals surface area contributed by atoms with E-state index in [1.807, 2.05) is 24.3 Å². The molecular formula is C42H40N2O2. The minimum absolute atomic E-state index is 0.442. The highest BCUT2D eigenvalue weighted by molar-refractivity contribution is 6.10. The van der Waals surface area contributed by atoms with Crippen LogP contribution in [-0.2, 0) is 12.8 Å². The zero-order chi connectivity index (χ0) is 32.9. The smallest absolute Gasteiger partial charge is 0.249 e. The van der Waals surface area contributed by atoms with Crippen LogP contribution in [0.2, 0.25) is 0 Å². The van der Waals surface area contributed by atoms with Gasteiger partial charge in [0.2, 0.25) is 11.8 Å². The van der Waals surface area contributed by atoms with Crippen molar-refractivity contribution in [1.29, 1.82) is 0 Å². The zero-order valence-corrected chi connectivity index (χ0v) is 27.5. The number of nitrogens with two attached hydrogens (primary N) is 2. The number of hydrogen-bond donors (Lipinski definition) is 2. The van der Waals surface area contributed by atoms with Crippen LogP contribution < -0.4 is 11.5 Å². The molecule has 0 unspecified atom stereocenters. The maximum absolute atomic E-state index is 12.5. The number of amides is 2. The quantitative estimate of drug-likeness (QED) is 0.191. The summed E-state index contributed by atoms with van der Waals surface area (Å²) in [6, 6.07) is 28.9. The number of benzene rings is 6. The van der Waals surface area contributed by atoms with Crippen LogP contribution in [0.15, 0.2) is 84.9 Å². The maximum Gasteiger partial charge on any atom is 0.249 e. The van der Waals surface area contributed by atoms with E-state index in [-0.39, 0.29) is 0 Å². The van der Waals surface area contributed by atoms with E-state index < -0.39 is 11.8 Å². The van der Waals surface area contributed by atoms with Gasteiger partial charge in [-0.25, -0.2) is 0 Å². The van der Waals surface area contributed by atoms with Crippen LogP contribution in [0, 0.1) is 41.5 Å². The molecule has 6 rings (SSSR count). The van der Waals surface area contributed by atoms with E-state index in [2.05, 4.69) is 90.1 Å². The van der Waals surface area contributed by atoms with E-state index in [0.717, 1.165) is 43.8 Å². The predicted octanol–water partition coefficient (Wildman–Crippen LogP) is 8.89. The average Bonchev–Trinajstić information content (AvgIpc) is 2.99. The molecule has 0 aliphatic carbocycles. The SMILES string of the molecule is Cc1cc(C)c(Cc2c(-c3ccc4c(C(N)=O)cccc4c3Cc3c(C)cc(C)cc3C)ccc3c(C(N)=O)cccc23)c(C)c1. The van der Waals surface area contributed by atoms with Gasteiger partial charge in [0, 0.05) is 11.1 Å². The summed E-state index contributed by atoms with van der Waals surface area (Å²) in [7, 11) is 0. The van der Waals surface area contributed by atoms with Crippen LogP contribution >= 0.6 is 0 Å². The van der Waals surface area contributed by atoms with E-state index in [1.54, 1.807) is 12.1 Å². The summed E-state index contributed by atoms with van der Waals surface area (Å²) in [5.41, 5.74) is 27.2. The Bertz CT molecular complexity index is 2020. The Morgan fingerprint density at radius 3 is 1.13 bits per heavy atom. The van der Waals surface area contributed by atoms with Crippen LogP contribution in [0.3, 0.4) is 0 Å². The third-order valence-corrected chi connectivity index (χ3v) is 9.55. The number of hydrogen-bond acceptors (Lipinski definition) is 2. The normalized spacial score (nSPS) is 11.3. The van der Waals surface area contributed by atoms with Gasteiger partial charge in [-0.2, -0.15) is 0 Å². The van der Waals surface area contributed by atoms with E-state index in [9.17, 15) is 9.59 Å². The molecule has 4 nitrogen and oxygen atoms in total. The Labute approximate surface area is 271 Å². The molecule has 6 aromatic carbocycles. The minimum atomic E-state index is -0.442. The second kappa shape index (κ2) is 11.9. The molecule has 0 atom stereocenters. The van der Waals surface area contributed by atoms with Crippen LogP contribution in [0.1, 0.15) is 76.4 Å². The van der Waals surface area contributed by atoms with Crippen LogP contribution in [-0.4, -0.2) is 11.8 Å². The van der Waals surface area contributed by atoms with Crippen LogP contribution in [0.4, 0.5) is 0 Å². The molecule has 0 aliphatic rings. The van der Waals surface area contributed by atoms with E-state index in [1.165, 1.54) is 44.5 Å². The fourth-order valence-electron chi connectivity index (χ4n) is 7.49. The Balaban J connectivity index is 1.71. The standard InChI is InChI=1S/C42H40N2O2/c1-23-17-25(3)37(26(4)18-23)21-39-29-9-7-11-35(41(43)45)31(29)13-15-33(39)34-16-14-32-30(10-8-12-36(32)42(44)46)40(34)22-38-27(5)19-24(2)20-28(38)6/h7-20H,21-22H2,1-6H3,(H2,43,45)(H2,44,46). The first-order valence-corrected chi connectivity index (χ1v) is 15.8. The highest BCUT2D eigenvalue weighted by atomic mass is 16.1. The monoisotopic (exact) mass is 604 g/mol. The van der Waals surface area contributed by atoms with Gasteiger partial charge in [0.05, 0.1) is 0 Å². The lowest BCUT2D eigenvalue weighted by Crippen LogP contribution is -2.12. The van der Waals surface area contributed by atoms with Gasteiger partial charge in [-0.15, -0.1) is 0 Å². The molecule has 46 heavy (non-hydrogen) atoms. The molecule has 0 radical (unpaired) electrons. The lowest BCUT2D eigenvalue weighted by molar-refractivity contribution is 0.0993. The topological polar surface area (TPSA) is 86.2 Å². The molecule has 0 spiro atoms. The van der Waals surface area contributed by atoms with Gasteiger partial charge in [0.25, 0.3) is 0 Å². The second-order valence-electron chi connectivity index (χ2n) is 12.8. The highest BCUT2D eigenvalue weighted by Gasteiger charge is 2.21.